The van der Waals surface area contributed by atoms with E-state index in [0.717, 1.165) is 11.3 Å². The van der Waals surface area contributed by atoms with Gasteiger partial charge in [-0.2, -0.15) is 5.26 Å². The zero-order valence-electron chi connectivity index (χ0n) is 13.3. The van der Waals surface area contributed by atoms with Gasteiger partial charge >= 0.3 is 6.36 Å². The van der Waals surface area contributed by atoms with E-state index in [1.807, 2.05) is 36.4 Å². The summed E-state index contributed by atoms with van der Waals surface area (Å²) in [5.41, 5.74) is 2.30. The quantitative estimate of drug-likeness (QED) is 0.586. The third kappa shape index (κ3) is 4.18. The van der Waals surface area contributed by atoms with Gasteiger partial charge in [0.1, 0.15) is 5.75 Å². The highest BCUT2D eigenvalue weighted by molar-refractivity contribution is 7.99. The summed E-state index contributed by atoms with van der Waals surface area (Å²) in [5, 5.41) is 9.41. The van der Waals surface area contributed by atoms with Gasteiger partial charge in [-0.1, -0.05) is 42.1 Å². The Morgan fingerprint density at radius 1 is 1.08 bits per heavy atom. The Morgan fingerprint density at radius 2 is 1.77 bits per heavy atom. The molecule has 0 aliphatic heterocycles. The number of nitriles is 1. The molecule has 0 aliphatic carbocycles. The van der Waals surface area contributed by atoms with E-state index in [2.05, 4.69) is 9.72 Å². The summed E-state index contributed by atoms with van der Waals surface area (Å²) >= 11 is 1.25. The first-order valence-corrected chi connectivity index (χ1v) is 8.45. The molecular weight excluding hydrogens is 363 g/mol. The second-order valence-corrected chi connectivity index (χ2v) is 6.06. The molecule has 1 heterocycles. The highest BCUT2D eigenvalue weighted by atomic mass is 32.2. The van der Waals surface area contributed by atoms with Gasteiger partial charge in [0.05, 0.1) is 23.7 Å². The number of alkyl halides is 3. The van der Waals surface area contributed by atoms with Crippen LogP contribution in [0.3, 0.4) is 0 Å². The minimum absolute atomic E-state index is 0.209. The van der Waals surface area contributed by atoms with Gasteiger partial charge in [0.15, 0.2) is 5.16 Å². The number of benzene rings is 2. The Labute approximate surface area is 151 Å². The number of hydrogen-bond donors (Lipinski definition) is 0. The highest BCUT2D eigenvalue weighted by Crippen LogP contribution is 2.31. The number of rotatable bonds is 5. The molecule has 0 saturated heterocycles. The molecule has 8 heteroatoms. The lowest BCUT2D eigenvalue weighted by Crippen LogP contribution is -2.17. The predicted molar refractivity (Wildman–Crippen MR) is 92.0 cm³/mol. The monoisotopic (exact) mass is 375 g/mol. The summed E-state index contributed by atoms with van der Waals surface area (Å²) < 4.78 is 42.7. The molecule has 3 rings (SSSR count). The topological polar surface area (TPSA) is 50.8 Å². The molecule has 4 nitrogen and oxygen atoms in total. The lowest BCUT2D eigenvalue weighted by atomic mass is 10.1. The van der Waals surface area contributed by atoms with Crippen molar-refractivity contribution in [3.8, 4) is 28.8 Å². The van der Waals surface area contributed by atoms with Crippen LogP contribution in [0, 0.1) is 11.3 Å². The van der Waals surface area contributed by atoms with Crippen molar-refractivity contribution in [2.45, 2.75) is 11.5 Å². The Morgan fingerprint density at radius 3 is 2.38 bits per heavy atom. The first-order chi connectivity index (χ1) is 12.5. The number of ether oxygens (including phenoxy) is 1. The molecular formula is C18H12F3N3OS. The summed E-state index contributed by atoms with van der Waals surface area (Å²) in [4.78, 5) is 4.35. The largest absolute Gasteiger partial charge is 0.573 e. The summed E-state index contributed by atoms with van der Waals surface area (Å²) in [6.45, 7) is 0. The number of hydrogen-bond acceptors (Lipinski definition) is 4. The van der Waals surface area contributed by atoms with Crippen molar-refractivity contribution in [2.75, 3.05) is 5.75 Å². The van der Waals surface area contributed by atoms with Crippen molar-refractivity contribution >= 4 is 11.8 Å². The van der Waals surface area contributed by atoms with E-state index in [1.165, 1.54) is 36.0 Å². The minimum atomic E-state index is -4.74. The Bertz CT molecular complexity index is 916. The normalized spacial score (nSPS) is 11.2. The molecule has 0 atom stereocenters. The van der Waals surface area contributed by atoms with Gasteiger partial charge in [0, 0.05) is 11.3 Å². The van der Waals surface area contributed by atoms with Gasteiger partial charge in [-0.05, 0) is 24.3 Å². The first kappa shape index (κ1) is 17.9. The van der Waals surface area contributed by atoms with Crippen LogP contribution in [0.25, 0.3) is 16.9 Å². The number of halogens is 3. The maximum atomic E-state index is 12.3. The minimum Gasteiger partial charge on any atom is -0.406 e. The van der Waals surface area contributed by atoms with Crippen LogP contribution in [0.5, 0.6) is 5.75 Å². The van der Waals surface area contributed by atoms with Crippen LogP contribution >= 0.6 is 11.8 Å². The lowest BCUT2D eigenvalue weighted by Gasteiger charge is -2.13. The van der Waals surface area contributed by atoms with E-state index in [0.29, 0.717) is 10.8 Å². The van der Waals surface area contributed by atoms with Crippen LogP contribution in [-0.2, 0) is 0 Å². The molecule has 0 N–H and O–H groups in total. The third-order valence-corrected chi connectivity index (χ3v) is 4.21. The lowest BCUT2D eigenvalue weighted by molar-refractivity contribution is -0.274. The SMILES string of the molecule is N#CCSc1ncc(-c2ccccc2)n1-c1ccc(OC(F)(F)F)cc1. The van der Waals surface area contributed by atoms with Crippen LogP contribution in [-0.4, -0.2) is 21.7 Å². The number of nitrogens with zero attached hydrogens (tertiary/aromatic N) is 3. The van der Waals surface area contributed by atoms with E-state index in [4.69, 9.17) is 5.26 Å². The van der Waals surface area contributed by atoms with Crippen molar-refractivity contribution in [1.29, 1.82) is 5.26 Å². The number of imidazole rings is 1. The van der Waals surface area contributed by atoms with E-state index in [9.17, 15) is 13.2 Å². The molecule has 0 aliphatic rings. The van der Waals surface area contributed by atoms with Crippen molar-refractivity contribution in [2.24, 2.45) is 0 Å². The molecule has 26 heavy (non-hydrogen) atoms. The fraction of sp³-hybridized carbons (Fsp3) is 0.111. The fourth-order valence-corrected chi connectivity index (χ4v) is 3.05. The van der Waals surface area contributed by atoms with Crippen LogP contribution in [0.15, 0.2) is 66.0 Å². The average molecular weight is 375 g/mol. The van der Waals surface area contributed by atoms with Crippen LogP contribution < -0.4 is 4.74 Å². The van der Waals surface area contributed by atoms with Crippen molar-refractivity contribution in [3.63, 3.8) is 0 Å². The van der Waals surface area contributed by atoms with E-state index >= 15 is 0 Å². The highest BCUT2D eigenvalue weighted by Gasteiger charge is 2.31. The van der Waals surface area contributed by atoms with E-state index in [1.54, 1.807) is 10.8 Å². The van der Waals surface area contributed by atoms with Crippen LogP contribution in [0.4, 0.5) is 13.2 Å². The average Bonchev–Trinajstić information content (AvgIpc) is 3.04. The maximum absolute atomic E-state index is 12.3. The van der Waals surface area contributed by atoms with Crippen LogP contribution in [0.1, 0.15) is 0 Å². The molecule has 0 unspecified atom stereocenters. The zero-order chi connectivity index (χ0) is 18.6. The smallest absolute Gasteiger partial charge is 0.406 e. The van der Waals surface area contributed by atoms with E-state index < -0.39 is 6.36 Å². The van der Waals surface area contributed by atoms with Crippen molar-refractivity contribution in [3.05, 3.63) is 60.8 Å². The van der Waals surface area contributed by atoms with Gasteiger partial charge in [-0.25, -0.2) is 4.98 Å². The maximum Gasteiger partial charge on any atom is 0.573 e. The Hall–Kier alpha value is -2.92. The third-order valence-electron chi connectivity index (χ3n) is 3.39. The molecule has 0 spiro atoms. The summed E-state index contributed by atoms with van der Waals surface area (Å²) in [6.07, 6.45) is -3.06. The van der Waals surface area contributed by atoms with Gasteiger partial charge in [-0.15, -0.1) is 13.2 Å². The molecule has 1 aromatic heterocycles. The second-order valence-electron chi connectivity index (χ2n) is 5.12. The van der Waals surface area contributed by atoms with E-state index in [-0.39, 0.29) is 11.5 Å². The molecule has 2 aromatic carbocycles. The summed E-state index contributed by atoms with van der Waals surface area (Å²) in [7, 11) is 0. The molecule has 0 amide bonds. The van der Waals surface area contributed by atoms with Crippen molar-refractivity contribution < 1.29 is 17.9 Å². The van der Waals surface area contributed by atoms with Gasteiger partial charge in [-0.3, -0.25) is 4.57 Å². The molecule has 0 radical (unpaired) electrons. The van der Waals surface area contributed by atoms with Gasteiger partial charge in [0.2, 0.25) is 0 Å². The number of thioether (sulfide) groups is 1. The van der Waals surface area contributed by atoms with Crippen molar-refractivity contribution in [1.82, 2.24) is 9.55 Å². The molecule has 0 fully saturated rings. The predicted octanol–water partition coefficient (Wildman–Crippen LogP) is 5.05. The Balaban J connectivity index is 2.02. The zero-order valence-corrected chi connectivity index (χ0v) is 14.1. The van der Waals surface area contributed by atoms with Gasteiger partial charge < -0.3 is 4.74 Å². The van der Waals surface area contributed by atoms with Crippen LogP contribution in [0.2, 0.25) is 0 Å². The first-order valence-electron chi connectivity index (χ1n) is 7.47. The number of aromatic nitrogens is 2. The Kier molecular flexibility index (Phi) is 5.19. The second kappa shape index (κ2) is 7.54. The van der Waals surface area contributed by atoms with Gasteiger partial charge in [0.25, 0.3) is 0 Å². The molecule has 0 saturated carbocycles. The summed E-state index contributed by atoms with van der Waals surface area (Å²) in [5.74, 6) is -0.0885. The fourth-order valence-electron chi connectivity index (χ4n) is 2.39. The molecule has 3 aromatic rings. The molecule has 0 bridgehead atoms. The summed E-state index contributed by atoms with van der Waals surface area (Å²) in [6, 6.07) is 17.1. The molecule has 132 valence electrons. The standard InChI is InChI=1S/C18H12F3N3OS/c19-18(20,21)25-15-8-6-14(7-9-15)24-16(13-4-2-1-3-5-13)12-23-17(24)26-11-10-22/h1-9,12H,11H2.